The van der Waals surface area contributed by atoms with Crippen molar-refractivity contribution in [3.05, 3.63) is 38.9 Å². The van der Waals surface area contributed by atoms with Gasteiger partial charge in [0, 0.05) is 37.1 Å². The zero-order chi connectivity index (χ0) is 24.0. The molecule has 0 saturated heterocycles. The lowest BCUT2D eigenvalue weighted by Gasteiger charge is -2.20. The molecule has 13 heteroatoms. The molecule has 1 aliphatic heterocycles. The molecule has 1 aliphatic rings. The summed E-state index contributed by atoms with van der Waals surface area (Å²) in [7, 11) is 1.99. The molecule has 0 radical (unpaired) electrons. The van der Waals surface area contributed by atoms with Crippen molar-refractivity contribution < 1.29 is 23.9 Å². The summed E-state index contributed by atoms with van der Waals surface area (Å²) in [6, 6.07) is 1.73. The summed E-state index contributed by atoms with van der Waals surface area (Å²) in [6.45, 7) is 2.91. The Kier molecular flexibility index (Phi) is 8.31. The van der Waals surface area contributed by atoms with Crippen LogP contribution in [0.15, 0.2) is 18.3 Å². The van der Waals surface area contributed by atoms with Gasteiger partial charge in [-0.2, -0.15) is 0 Å². The van der Waals surface area contributed by atoms with Gasteiger partial charge in [0.05, 0.1) is 17.3 Å². The molecule has 2 aromatic rings. The Bertz CT molecular complexity index is 1040. The molecule has 0 aliphatic carbocycles. The highest BCUT2D eigenvalue weighted by Gasteiger charge is 2.27. The molecule has 2 aromatic heterocycles. The maximum atomic E-state index is 12.7. The number of carbonyl (C=O) groups is 4. The van der Waals surface area contributed by atoms with E-state index in [0.717, 1.165) is 23.5 Å². The average Bonchev–Trinajstić information content (AvgIpc) is 3.21. The van der Waals surface area contributed by atoms with E-state index in [1.807, 2.05) is 7.05 Å². The number of hydrogen-bond donors (Lipinski definition) is 3. The summed E-state index contributed by atoms with van der Waals surface area (Å²) in [4.78, 5) is 60.7. The van der Waals surface area contributed by atoms with Gasteiger partial charge in [-0.3, -0.25) is 14.4 Å². The van der Waals surface area contributed by atoms with Crippen LogP contribution < -0.4 is 16.0 Å². The smallest absolute Gasteiger partial charge is 0.330 e. The second-order valence-corrected chi connectivity index (χ2v) is 8.70. The van der Waals surface area contributed by atoms with Crippen LogP contribution in [0.5, 0.6) is 0 Å². The number of aromatic nitrogens is 2. The van der Waals surface area contributed by atoms with Gasteiger partial charge in [-0.1, -0.05) is 11.6 Å². The fraction of sp³-hybridized carbons (Fsp3) is 0.400. The maximum Gasteiger partial charge on any atom is 0.330 e. The molecular weight excluding hydrogens is 472 g/mol. The van der Waals surface area contributed by atoms with Crippen molar-refractivity contribution in [1.29, 1.82) is 0 Å². The SMILES string of the molecule is CCOC(=O)[C@H](CNC(=O)C(=O)Nc1ccc(Cl)cn1)NC(=O)c1nc2c(s1)CN(C)CC2. The van der Waals surface area contributed by atoms with E-state index in [1.165, 1.54) is 29.7 Å². The molecule has 0 saturated carbocycles. The number of ether oxygens (including phenoxy) is 1. The number of pyridine rings is 1. The van der Waals surface area contributed by atoms with Crippen molar-refractivity contribution in [2.24, 2.45) is 0 Å². The molecule has 3 heterocycles. The fourth-order valence-corrected chi connectivity index (χ4v) is 4.18. The van der Waals surface area contributed by atoms with Crippen LogP contribution in [0.3, 0.4) is 0 Å². The van der Waals surface area contributed by atoms with E-state index in [2.05, 4.69) is 30.8 Å². The zero-order valence-electron chi connectivity index (χ0n) is 18.0. The molecular formula is C20H23ClN6O5S. The van der Waals surface area contributed by atoms with E-state index in [4.69, 9.17) is 16.3 Å². The second kappa shape index (κ2) is 11.2. The van der Waals surface area contributed by atoms with Crippen LogP contribution in [0, 0.1) is 0 Å². The lowest BCUT2D eigenvalue weighted by atomic mass is 10.2. The number of halogens is 1. The van der Waals surface area contributed by atoms with E-state index < -0.39 is 29.7 Å². The molecule has 0 aromatic carbocycles. The molecule has 11 nitrogen and oxygen atoms in total. The van der Waals surface area contributed by atoms with Crippen LogP contribution >= 0.6 is 22.9 Å². The summed E-state index contributed by atoms with van der Waals surface area (Å²) >= 11 is 6.99. The van der Waals surface area contributed by atoms with E-state index in [1.54, 1.807) is 6.92 Å². The third-order valence-corrected chi connectivity index (χ3v) is 5.94. The lowest BCUT2D eigenvalue weighted by molar-refractivity contribution is -0.145. The number of fused-ring (bicyclic) bond motifs is 1. The number of anilines is 1. The Morgan fingerprint density at radius 1 is 1.27 bits per heavy atom. The zero-order valence-corrected chi connectivity index (χ0v) is 19.6. The van der Waals surface area contributed by atoms with Gasteiger partial charge in [0.2, 0.25) is 0 Å². The van der Waals surface area contributed by atoms with Crippen molar-refractivity contribution in [2.45, 2.75) is 25.9 Å². The number of likely N-dealkylation sites (N-methyl/N-ethyl adjacent to an activating group) is 1. The molecule has 3 rings (SSSR count). The number of nitrogens with one attached hydrogen (secondary N) is 3. The van der Waals surface area contributed by atoms with Gasteiger partial charge in [-0.05, 0) is 26.1 Å². The van der Waals surface area contributed by atoms with Crippen LogP contribution in [0.25, 0.3) is 0 Å². The molecule has 3 amide bonds. The molecule has 0 fully saturated rings. The fourth-order valence-electron chi connectivity index (χ4n) is 2.97. The van der Waals surface area contributed by atoms with Gasteiger partial charge in [-0.25, -0.2) is 14.8 Å². The molecule has 0 spiro atoms. The van der Waals surface area contributed by atoms with E-state index in [9.17, 15) is 19.2 Å². The maximum absolute atomic E-state index is 12.7. The minimum absolute atomic E-state index is 0.0831. The topological polar surface area (TPSA) is 143 Å². The summed E-state index contributed by atoms with van der Waals surface area (Å²) in [6.07, 6.45) is 2.06. The number of rotatable bonds is 7. The minimum Gasteiger partial charge on any atom is -0.464 e. The Labute approximate surface area is 198 Å². The van der Waals surface area contributed by atoms with Crippen molar-refractivity contribution in [1.82, 2.24) is 25.5 Å². The normalized spacial score (nSPS) is 14.0. The Hall–Kier alpha value is -3.09. The first-order valence-corrected chi connectivity index (χ1v) is 11.3. The highest BCUT2D eigenvalue weighted by Crippen LogP contribution is 2.24. The van der Waals surface area contributed by atoms with E-state index in [-0.39, 0.29) is 24.0 Å². The van der Waals surface area contributed by atoms with Gasteiger partial charge < -0.3 is 25.6 Å². The standard InChI is InChI=1S/C20H23ClN6O5S/c1-3-32-20(31)13(9-23-16(28)17(29)26-15-5-4-11(21)8-22-15)24-18(30)19-25-12-6-7-27(2)10-14(12)33-19/h4-5,8,13H,3,6-7,9-10H2,1-2H3,(H,23,28)(H,24,30)(H,22,26,29)/t13-/m0/s1. The van der Waals surface area contributed by atoms with Gasteiger partial charge >= 0.3 is 17.8 Å². The number of hydrogen-bond acceptors (Lipinski definition) is 9. The number of carbonyl (C=O) groups excluding carboxylic acids is 4. The highest BCUT2D eigenvalue weighted by atomic mass is 35.5. The monoisotopic (exact) mass is 494 g/mol. The first kappa shape index (κ1) is 24.6. The molecule has 176 valence electrons. The number of amides is 3. The van der Waals surface area contributed by atoms with Crippen molar-refractivity contribution in [2.75, 3.05) is 32.1 Å². The Balaban J connectivity index is 1.60. The second-order valence-electron chi connectivity index (χ2n) is 7.18. The largest absolute Gasteiger partial charge is 0.464 e. The highest BCUT2D eigenvalue weighted by molar-refractivity contribution is 7.13. The first-order valence-electron chi connectivity index (χ1n) is 10.1. The summed E-state index contributed by atoms with van der Waals surface area (Å²) in [5.41, 5.74) is 0.872. The van der Waals surface area contributed by atoms with Crippen molar-refractivity contribution >= 4 is 52.4 Å². The van der Waals surface area contributed by atoms with Crippen LogP contribution in [0.1, 0.15) is 27.3 Å². The first-order chi connectivity index (χ1) is 15.8. The Morgan fingerprint density at radius 2 is 2.06 bits per heavy atom. The van der Waals surface area contributed by atoms with Gasteiger partial charge in [0.25, 0.3) is 5.91 Å². The van der Waals surface area contributed by atoms with Gasteiger partial charge in [0.15, 0.2) is 5.01 Å². The number of thiazole rings is 1. The van der Waals surface area contributed by atoms with Crippen LogP contribution in [-0.2, 0) is 32.1 Å². The number of esters is 1. The summed E-state index contributed by atoms with van der Waals surface area (Å²) in [5, 5.41) is 7.76. The van der Waals surface area contributed by atoms with Crippen molar-refractivity contribution in [3.63, 3.8) is 0 Å². The van der Waals surface area contributed by atoms with Crippen LogP contribution in [0.2, 0.25) is 5.02 Å². The molecule has 0 bridgehead atoms. The van der Waals surface area contributed by atoms with Crippen LogP contribution in [0.4, 0.5) is 5.82 Å². The van der Waals surface area contributed by atoms with Gasteiger partial charge in [-0.15, -0.1) is 11.3 Å². The average molecular weight is 495 g/mol. The van der Waals surface area contributed by atoms with E-state index in [0.29, 0.717) is 11.6 Å². The summed E-state index contributed by atoms with van der Waals surface area (Å²) < 4.78 is 4.98. The predicted molar refractivity (Wildman–Crippen MR) is 121 cm³/mol. The molecule has 1 atom stereocenters. The Morgan fingerprint density at radius 3 is 2.76 bits per heavy atom. The quantitative estimate of drug-likeness (QED) is 0.375. The lowest BCUT2D eigenvalue weighted by Crippen LogP contribution is -2.50. The number of nitrogens with zero attached hydrogens (tertiary/aromatic N) is 3. The van der Waals surface area contributed by atoms with Crippen molar-refractivity contribution in [3.8, 4) is 0 Å². The predicted octanol–water partition coefficient (Wildman–Crippen LogP) is 0.596. The van der Waals surface area contributed by atoms with E-state index >= 15 is 0 Å². The van der Waals surface area contributed by atoms with Gasteiger partial charge in [0.1, 0.15) is 11.9 Å². The third-order valence-electron chi connectivity index (χ3n) is 4.63. The summed E-state index contributed by atoms with van der Waals surface area (Å²) in [5.74, 6) is -3.17. The van der Waals surface area contributed by atoms with Crippen LogP contribution in [-0.4, -0.2) is 71.3 Å². The third kappa shape index (κ3) is 6.70. The minimum atomic E-state index is -1.20. The molecule has 3 N–H and O–H groups in total. The molecule has 33 heavy (non-hydrogen) atoms. The molecule has 0 unspecified atom stereocenters.